The van der Waals surface area contributed by atoms with Crippen LogP contribution in [0.2, 0.25) is 0 Å². The molecule has 6 heteroatoms. The molecule has 5 nitrogen and oxygen atoms in total. The fourth-order valence-electron chi connectivity index (χ4n) is 1.69. The summed E-state index contributed by atoms with van der Waals surface area (Å²) >= 11 is 0. The van der Waals surface area contributed by atoms with Gasteiger partial charge in [0.2, 0.25) is 0 Å². The number of ether oxygens (including phenoxy) is 1. The van der Waals surface area contributed by atoms with E-state index in [1.807, 2.05) is 0 Å². The number of nitrogens with zero attached hydrogens (tertiary/aromatic N) is 2. The molecule has 0 aliphatic carbocycles. The quantitative estimate of drug-likeness (QED) is 0.853. The lowest BCUT2D eigenvalue weighted by Crippen LogP contribution is -2.04. The number of hydrogen-bond donors (Lipinski definition) is 1. The van der Waals surface area contributed by atoms with E-state index in [-0.39, 0.29) is 17.7 Å². The Kier molecular flexibility index (Phi) is 3.91. The van der Waals surface area contributed by atoms with E-state index in [2.05, 4.69) is 5.10 Å². The number of aliphatic hydroxyl groups excluding tert-OH is 1. The van der Waals surface area contributed by atoms with Gasteiger partial charge < -0.3 is 9.84 Å². The Bertz CT molecular complexity index is 595. The zero-order valence-corrected chi connectivity index (χ0v) is 10.3. The van der Waals surface area contributed by atoms with E-state index < -0.39 is 18.4 Å². The van der Waals surface area contributed by atoms with Crippen LogP contribution < -0.4 is 0 Å². The van der Waals surface area contributed by atoms with Crippen molar-refractivity contribution in [3.8, 4) is 5.69 Å². The predicted molar refractivity (Wildman–Crippen MR) is 65.4 cm³/mol. The van der Waals surface area contributed by atoms with E-state index in [4.69, 9.17) is 4.74 Å². The molecule has 0 bridgehead atoms. The van der Waals surface area contributed by atoms with Gasteiger partial charge in [-0.25, -0.2) is 13.9 Å². The van der Waals surface area contributed by atoms with Crippen molar-refractivity contribution in [1.29, 1.82) is 0 Å². The summed E-state index contributed by atoms with van der Waals surface area (Å²) in [6.07, 6.45) is 2.77. The number of carbonyl (C=O) groups is 1. The Balaban J connectivity index is 2.38. The van der Waals surface area contributed by atoms with Crippen molar-refractivity contribution in [3.05, 3.63) is 47.5 Å². The van der Waals surface area contributed by atoms with Gasteiger partial charge in [-0.3, -0.25) is 0 Å². The van der Waals surface area contributed by atoms with Crippen molar-refractivity contribution in [2.24, 2.45) is 0 Å². The van der Waals surface area contributed by atoms with Crippen LogP contribution in [0.3, 0.4) is 0 Å². The molecule has 0 unspecified atom stereocenters. The maximum Gasteiger partial charge on any atom is 0.341 e. The molecule has 0 aliphatic heterocycles. The lowest BCUT2D eigenvalue weighted by molar-refractivity contribution is 0.0526. The van der Waals surface area contributed by atoms with Gasteiger partial charge in [0.1, 0.15) is 5.82 Å². The Morgan fingerprint density at radius 1 is 1.53 bits per heavy atom. The van der Waals surface area contributed by atoms with Gasteiger partial charge in [0, 0.05) is 11.8 Å². The Hall–Kier alpha value is -2.21. The molecule has 0 saturated heterocycles. The number of rotatable bonds is 4. The average Bonchev–Trinajstić information content (AvgIpc) is 2.88. The van der Waals surface area contributed by atoms with Crippen LogP contribution in [0.15, 0.2) is 30.6 Å². The normalized spacial score (nSPS) is 10.5. The van der Waals surface area contributed by atoms with Gasteiger partial charge in [0.25, 0.3) is 0 Å². The fourth-order valence-corrected chi connectivity index (χ4v) is 1.69. The molecular formula is C13H13FN2O3. The van der Waals surface area contributed by atoms with Crippen LogP contribution in [0.5, 0.6) is 0 Å². The van der Waals surface area contributed by atoms with Crippen molar-refractivity contribution in [1.82, 2.24) is 9.78 Å². The lowest BCUT2D eigenvalue weighted by Gasteiger charge is -2.07. The molecule has 2 aromatic rings. The molecule has 1 aromatic carbocycles. The Labute approximate surface area is 109 Å². The first-order chi connectivity index (χ1) is 9.17. The summed E-state index contributed by atoms with van der Waals surface area (Å²) in [6, 6.07) is 4.37. The summed E-state index contributed by atoms with van der Waals surface area (Å²) < 4.78 is 19.7. The molecule has 0 atom stereocenters. The highest BCUT2D eigenvalue weighted by atomic mass is 19.1. The van der Waals surface area contributed by atoms with Gasteiger partial charge >= 0.3 is 5.97 Å². The third-order valence-electron chi connectivity index (χ3n) is 2.59. The van der Waals surface area contributed by atoms with Crippen molar-refractivity contribution >= 4 is 5.97 Å². The molecule has 0 amide bonds. The number of hydrogen-bond acceptors (Lipinski definition) is 4. The van der Waals surface area contributed by atoms with Gasteiger partial charge in [-0.2, -0.15) is 5.10 Å². The smallest absolute Gasteiger partial charge is 0.341 e. The number of halogens is 1. The monoisotopic (exact) mass is 264 g/mol. The highest BCUT2D eigenvalue weighted by molar-refractivity contribution is 5.88. The number of esters is 1. The number of carbonyl (C=O) groups excluding carboxylic acids is 1. The maximum atomic E-state index is 13.5. The van der Waals surface area contributed by atoms with E-state index in [1.54, 1.807) is 13.0 Å². The standard InChI is InChI=1S/C13H13FN2O3/c1-2-19-13(18)9-6-15-16(7-9)12-5-3-4-11(14)10(12)8-17/h3-7,17H,2,8H2,1H3. The lowest BCUT2D eigenvalue weighted by atomic mass is 10.2. The molecule has 2 rings (SSSR count). The van der Waals surface area contributed by atoms with Gasteiger partial charge in [0.05, 0.1) is 30.7 Å². The number of aliphatic hydroxyl groups is 1. The second-order valence-corrected chi connectivity index (χ2v) is 3.79. The second kappa shape index (κ2) is 5.62. The van der Waals surface area contributed by atoms with Crippen LogP contribution in [-0.4, -0.2) is 27.5 Å². The van der Waals surface area contributed by atoms with Gasteiger partial charge in [-0.15, -0.1) is 0 Å². The van der Waals surface area contributed by atoms with E-state index >= 15 is 0 Å². The van der Waals surface area contributed by atoms with Gasteiger partial charge in [-0.1, -0.05) is 6.07 Å². The maximum absolute atomic E-state index is 13.5. The third-order valence-corrected chi connectivity index (χ3v) is 2.59. The minimum Gasteiger partial charge on any atom is -0.462 e. The first-order valence-corrected chi connectivity index (χ1v) is 5.77. The topological polar surface area (TPSA) is 64.3 Å². The number of aromatic nitrogens is 2. The minimum absolute atomic E-state index is 0.126. The SMILES string of the molecule is CCOC(=O)c1cnn(-c2cccc(F)c2CO)c1. The summed E-state index contributed by atoms with van der Waals surface area (Å²) in [7, 11) is 0. The first-order valence-electron chi connectivity index (χ1n) is 5.77. The summed E-state index contributed by atoms with van der Waals surface area (Å²) in [5, 5.41) is 13.2. The van der Waals surface area contributed by atoms with Gasteiger partial charge in [0.15, 0.2) is 0 Å². The summed E-state index contributed by atoms with van der Waals surface area (Å²) in [6.45, 7) is 1.53. The highest BCUT2D eigenvalue weighted by Crippen LogP contribution is 2.18. The van der Waals surface area contributed by atoms with E-state index in [9.17, 15) is 14.3 Å². The zero-order valence-electron chi connectivity index (χ0n) is 10.3. The minimum atomic E-state index is -0.520. The Morgan fingerprint density at radius 2 is 2.32 bits per heavy atom. The van der Waals surface area contributed by atoms with Crippen molar-refractivity contribution < 1.29 is 19.0 Å². The summed E-state index contributed by atoms with van der Waals surface area (Å²) in [5.41, 5.74) is 0.786. The van der Waals surface area contributed by atoms with Crippen LogP contribution in [-0.2, 0) is 11.3 Å². The first kappa shape index (κ1) is 13.2. The summed E-state index contributed by atoms with van der Waals surface area (Å²) in [4.78, 5) is 11.5. The Morgan fingerprint density at radius 3 is 3.00 bits per heavy atom. The molecule has 1 N–H and O–H groups in total. The predicted octanol–water partition coefficient (Wildman–Crippen LogP) is 1.68. The molecule has 0 fully saturated rings. The molecule has 1 heterocycles. The van der Waals surface area contributed by atoms with Crippen LogP contribution in [0.1, 0.15) is 22.8 Å². The van der Waals surface area contributed by atoms with E-state index in [0.29, 0.717) is 5.69 Å². The van der Waals surface area contributed by atoms with Crippen LogP contribution in [0, 0.1) is 5.82 Å². The summed E-state index contributed by atoms with van der Waals surface area (Å²) in [5.74, 6) is -1.01. The molecule has 0 aliphatic rings. The molecule has 1 aromatic heterocycles. The molecule has 0 saturated carbocycles. The zero-order chi connectivity index (χ0) is 13.8. The molecule has 19 heavy (non-hydrogen) atoms. The van der Waals surface area contributed by atoms with Gasteiger partial charge in [-0.05, 0) is 19.1 Å². The largest absolute Gasteiger partial charge is 0.462 e. The molecule has 100 valence electrons. The van der Waals surface area contributed by atoms with E-state index in [1.165, 1.54) is 29.2 Å². The third kappa shape index (κ3) is 2.63. The van der Waals surface area contributed by atoms with Crippen molar-refractivity contribution in [2.45, 2.75) is 13.5 Å². The van der Waals surface area contributed by atoms with E-state index in [0.717, 1.165) is 0 Å². The van der Waals surface area contributed by atoms with Crippen LogP contribution in [0.4, 0.5) is 4.39 Å². The molecular weight excluding hydrogens is 251 g/mol. The molecule has 0 spiro atoms. The van der Waals surface area contributed by atoms with Crippen molar-refractivity contribution in [2.75, 3.05) is 6.61 Å². The second-order valence-electron chi connectivity index (χ2n) is 3.79. The average molecular weight is 264 g/mol. The number of benzene rings is 1. The molecule has 0 radical (unpaired) electrons. The van der Waals surface area contributed by atoms with Crippen LogP contribution in [0.25, 0.3) is 5.69 Å². The highest BCUT2D eigenvalue weighted by Gasteiger charge is 2.13. The fraction of sp³-hybridized carbons (Fsp3) is 0.231. The van der Waals surface area contributed by atoms with Crippen LogP contribution >= 0.6 is 0 Å². The van der Waals surface area contributed by atoms with Crippen molar-refractivity contribution in [3.63, 3.8) is 0 Å².